The lowest BCUT2D eigenvalue weighted by Gasteiger charge is -2.52. The number of rotatable bonds is 3. The molecule has 0 radical (unpaired) electrons. The van der Waals surface area contributed by atoms with E-state index in [0.29, 0.717) is 11.5 Å². The minimum atomic E-state index is -0.249. The molecule has 5 rings (SSSR count). The zero-order valence-electron chi connectivity index (χ0n) is 16.7. The molecule has 1 aromatic carbocycles. The number of amides is 1. The maximum Gasteiger partial charge on any atom is 0.226 e. The van der Waals surface area contributed by atoms with Gasteiger partial charge in [0.25, 0.3) is 0 Å². The van der Waals surface area contributed by atoms with Crippen LogP contribution in [0.5, 0.6) is 0 Å². The molecule has 1 N–H and O–H groups in total. The molecular weight excluding hydrogens is 362 g/mol. The minimum Gasteiger partial charge on any atom is -0.348 e. The largest absolute Gasteiger partial charge is 0.348 e. The van der Waals surface area contributed by atoms with Gasteiger partial charge < -0.3 is 9.88 Å². The van der Waals surface area contributed by atoms with Crippen LogP contribution >= 0.6 is 0 Å². The van der Waals surface area contributed by atoms with Crippen molar-refractivity contribution in [1.82, 2.24) is 19.8 Å². The standard InChI is InChI=1S/C23H27N5O/c24-14-17-4-6-18(7-5-17)15-27-12-9-23(10-13-27)21-20(25-16-26-21)8-11-28(23)22(29)19-2-1-3-19/h4-7,16,19H,1-3,8-13,15H2,(H,25,26). The van der Waals surface area contributed by atoms with Gasteiger partial charge in [-0.25, -0.2) is 4.98 Å². The minimum absolute atomic E-state index is 0.226. The number of nitrogens with one attached hydrogen (secondary N) is 1. The highest BCUT2D eigenvalue weighted by molar-refractivity contribution is 5.81. The monoisotopic (exact) mass is 389 g/mol. The van der Waals surface area contributed by atoms with Crippen LogP contribution in [-0.2, 0) is 23.3 Å². The van der Waals surface area contributed by atoms with Crippen molar-refractivity contribution in [2.45, 2.75) is 50.6 Å². The number of nitrogens with zero attached hydrogens (tertiary/aromatic N) is 4. The van der Waals surface area contributed by atoms with Crippen molar-refractivity contribution in [2.75, 3.05) is 19.6 Å². The van der Waals surface area contributed by atoms with Crippen LogP contribution in [0.2, 0.25) is 0 Å². The number of likely N-dealkylation sites (tertiary alicyclic amines) is 1. The van der Waals surface area contributed by atoms with Gasteiger partial charge in [0, 0.05) is 44.2 Å². The second kappa shape index (κ2) is 7.31. The summed E-state index contributed by atoms with van der Waals surface area (Å²) in [4.78, 5) is 25.9. The molecule has 2 aliphatic heterocycles. The fraction of sp³-hybridized carbons (Fsp3) is 0.522. The van der Waals surface area contributed by atoms with Crippen molar-refractivity contribution in [3.63, 3.8) is 0 Å². The van der Waals surface area contributed by atoms with E-state index < -0.39 is 0 Å². The summed E-state index contributed by atoms with van der Waals surface area (Å²) in [6, 6.07) is 10.0. The number of fused-ring (bicyclic) bond motifs is 2. The predicted molar refractivity (Wildman–Crippen MR) is 109 cm³/mol. The molecule has 6 heteroatoms. The molecule has 3 aliphatic rings. The average molecular weight is 390 g/mol. The van der Waals surface area contributed by atoms with E-state index in [1.54, 1.807) is 6.33 Å². The fourth-order valence-electron chi connectivity index (χ4n) is 5.21. The van der Waals surface area contributed by atoms with Crippen LogP contribution < -0.4 is 0 Å². The zero-order valence-corrected chi connectivity index (χ0v) is 16.7. The van der Waals surface area contributed by atoms with E-state index in [4.69, 9.17) is 10.2 Å². The number of piperidine rings is 1. The Kier molecular flexibility index (Phi) is 4.63. The molecule has 2 fully saturated rings. The summed E-state index contributed by atoms with van der Waals surface area (Å²) in [7, 11) is 0. The zero-order chi connectivity index (χ0) is 19.8. The Balaban J connectivity index is 1.34. The van der Waals surface area contributed by atoms with E-state index in [-0.39, 0.29) is 11.5 Å². The number of hydrogen-bond donors (Lipinski definition) is 1. The molecule has 29 heavy (non-hydrogen) atoms. The molecule has 1 saturated heterocycles. The van der Waals surface area contributed by atoms with Crippen molar-refractivity contribution in [3.05, 3.63) is 53.1 Å². The Hall–Kier alpha value is -2.65. The number of nitriles is 1. The first-order chi connectivity index (χ1) is 14.2. The van der Waals surface area contributed by atoms with Gasteiger partial charge in [-0.15, -0.1) is 0 Å². The lowest BCUT2D eigenvalue weighted by atomic mass is 9.76. The number of hydrogen-bond acceptors (Lipinski definition) is 4. The fourth-order valence-corrected chi connectivity index (χ4v) is 5.21. The van der Waals surface area contributed by atoms with Crippen LogP contribution in [0.4, 0.5) is 0 Å². The number of aromatic amines is 1. The van der Waals surface area contributed by atoms with Crippen molar-refractivity contribution in [1.29, 1.82) is 5.26 Å². The van der Waals surface area contributed by atoms with E-state index in [2.05, 4.69) is 20.9 Å². The Labute approximate surface area is 171 Å². The average Bonchev–Trinajstić information content (AvgIpc) is 3.19. The van der Waals surface area contributed by atoms with Gasteiger partial charge in [-0.3, -0.25) is 9.69 Å². The number of benzene rings is 1. The molecule has 3 heterocycles. The van der Waals surface area contributed by atoms with E-state index in [1.807, 2.05) is 24.3 Å². The third-order valence-corrected chi connectivity index (χ3v) is 7.15. The van der Waals surface area contributed by atoms with E-state index in [9.17, 15) is 4.79 Å². The second-order valence-electron chi connectivity index (χ2n) is 8.71. The summed E-state index contributed by atoms with van der Waals surface area (Å²) in [5.74, 6) is 0.578. The summed E-state index contributed by atoms with van der Waals surface area (Å²) in [6.07, 6.45) is 7.81. The normalized spacial score (nSPS) is 21.4. The van der Waals surface area contributed by atoms with Gasteiger partial charge in [0.2, 0.25) is 5.91 Å². The smallest absolute Gasteiger partial charge is 0.226 e. The Morgan fingerprint density at radius 3 is 2.62 bits per heavy atom. The number of H-pyrrole nitrogens is 1. The number of carbonyl (C=O) groups is 1. The van der Waals surface area contributed by atoms with E-state index in [1.165, 1.54) is 17.7 Å². The molecule has 0 bridgehead atoms. The first-order valence-electron chi connectivity index (χ1n) is 10.8. The van der Waals surface area contributed by atoms with Gasteiger partial charge >= 0.3 is 0 Å². The molecule has 1 spiro atoms. The second-order valence-corrected chi connectivity index (χ2v) is 8.71. The molecule has 6 nitrogen and oxygen atoms in total. The quantitative estimate of drug-likeness (QED) is 0.876. The van der Waals surface area contributed by atoms with Crippen LogP contribution in [0.3, 0.4) is 0 Å². The van der Waals surface area contributed by atoms with Crippen LogP contribution in [0.25, 0.3) is 0 Å². The van der Waals surface area contributed by atoms with Crippen LogP contribution in [0.15, 0.2) is 30.6 Å². The van der Waals surface area contributed by atoms with Gasteiger partial charge in [0.15, 0.2) is 0 Å². The highest BCUT2D eigenvalue weighted by Crippen LogP contribution is 2.44. The van der Waals surface area contributed by atoms with E-state index >= 15 is 0 Å². The molecule has 0 atom stereocenters. The maximum atomic E-state index is 13.3. The van der Waals surface area contributed by atoms with Gasteiger partial charge in [-0.1, -0.05) is 18.6 Å². The predicted octanol–water partition coefficient (Wildman–Crippen LogP) is 2.96. The van der Waals surface area contributed by atoms with Gasteiger partial charge in [-0.2, -0.15) is 5.26 Å². The van der Waals surface area contributed by atoms with Gasteiger partial charge in [-0.05, 0) is 43.4 Å². The van der Waals surface area contributed by atoms with Crippen LogP contribution in [-0.4, -0.2) is 45.3 Å². The summed E-state index contributed by atoms with van der Waals surface area (Å²) in [5.41, 5.74) is 4.00. The summed E-state index contributed by atoms with van der Waals surface area (Å²) < 4.78 is 0. The Morgan fingerprint density at radius 2 is 1.97 bits per heavy atom. The first kappa shape index (κ1) is 18.4. The highest BCUT2D eigenvalue weighted by Gasteiger charge is 2.50. The van der Waals surface area contributed by atoms with Crippen molar-refractivity contribution < 1.29 is 4.79 Å². The molecule has 1 amide bonds. The maximum absolute atomic E-state index is 13.3. The Bertz CT molecular complexity index is 929. The Morgan fingerprint density at radius 1 is 1.21 bits per heavy atom. The molecule has 2 aromatic rings. The molecule has 1 saturated carbocycles. The van der Waals surface area contributed by atoms with Crippen molar-refractivity contribution in [2.24, 2.45) is 5.92 Å². The molecule has 1 aliphatic carbocycles. The lowest BCUT2D eigenvalue weighted by molar-refractivity contribution is -0.149. The third kappa shape index (κ3) is 3.14. The summed E-state index contributed by atoms with van der Waals surface area (Å²) in [6.45, 7) is 3.58. The molecule has 0 unspecified atom stereocenters. The number of carbonyl (C=O) groups excluding carboxylic acids is 1. The van der Waals surface area contributed by atoms with Crippen LogP contribution in [0.1, 0.15) is 54.6 Å². The molecule has 1 aromatic heterocycles. The number of imidazole rings is 1. The summed E-state index contributed by atoms with van der Waals surface area (Å²) >= 11 is 0. The van der Waals surface area contributed by atoms with Gasteiger partial charge in [0.05, 0.1) is 29.2 Å². The topological polar surface area (TPSA) is 76.0 Å². The number of aromatic nitrogens is 2. The van der Waals surface area contributed by atoms with Crippen molar-refractivity contribution in [3.8, 4) is 6.07 Å². The molecule has 150 valence electrons. The SMILES string of the molecule is N#Cc1ccc(CN2CCC3(CC2)c2nc[nH]c2CCN3C(=O)C2CCC2)cc1. The molecular formula is C23H27N5O. The lowest BCUT2D eigenvalue weighted by Crippen LogP contribution is -2.59. The van der Waals surface area contributed by atoms with E-state index in [0.717, 1.165) is 64.0 Å². The summed E-state index contributed by atoms with van der Waals surface area (Å²) in [5, 5.41) is 8.98. The third-order valence-electron chi connectivity index (χ3n) is 7.15. The first-order valence-corrected chi connectivity index (χ1v) is 10.8. The van der Waals surface area contributed by atoms with Crippen molar-refractivity contribution >= 4 is 5.91 Å². The highest BCUT2D eigenvalue weighted by atomic mass is 16.2. The van der Waals surface area contributed by atoms with Crippen LogP contribution in [0, 0.1) is 17.2 Å². The van der Waals surface area contributed by atoms with Gasteiger partial charge in [0.1, 0.15) is 0 Å².